The lowest BCUT2D eigenvalue weighted by Gasteiger charge is -2.29. The first kappa shape index (κ1) is 23.7. The van der Waals surface area contributed by atoms with Gasteiger partial charge in [-0.2, -0.15) is 5.10 Å². The Morgan fingerprint density at radius 1 is 1.12 bits per heavy atom. The molecular formula is C25H27N3O5S. The molecule has 2 atom stereocenters. The normalized spacial score (nSPS) is 17.8. The first-order valence-corrected chi connectivity index (χ1v) is 13.0. The van der Waals surface area contributed by atoms with Crippen LogP contribution in [0.3, 0.4) is 0 Å². The van der Waals surface area contributed by atoms with Gasteiger partial charge in [-0.15, -0.1) is 0 Å². The highest BCUT2D eigenvalue weighted by Gasteiger charge is 2.36. The van der Waals surface area contributed by atoms with Crippen LogP contribution < -0.4 is 0 Å². The topological polar surface area (TPSA) is 98.6 Å². The highest BCUT2D eigenvalue weighted by atomic mass is 32.2. The number of carbonyl (C=O) groups is 2. The number of benzene rings is 2. The van der Waals surface area contributed by atoms with Crippen LogP contribution in [-0.2, 0) is 19.4 Å². The second kappa shape index (κ2) is 9.80. The number of sulfone groups is 1. The zero-order valence-corrected chi connectivity index (χ0v) is 19.9. The molecule has 1 aromatic heterocycles. The number of esters is 1. The number of amides is 1. The van der Waals surface area contributed by atoms with Crippen LogP contribution in [0.4, 0.5) is 0 Å². The Hall–Kier alpha value is -3.46. The van der Waals surface area contributed by atoms with Gasteiger partial charge in [0.1, 0.15) is 11.3 Å². The Bertz CT molecular complexity index is 1270. The van der Waals surface area contributed by atoms with E-state index in [1.54, 1.807) is 17.8 Å². The van der Waals surface area contributed by atoms with Crippen LogP contribution in [0, 0.1) is 0 Å². The fraction of sp³-hybridized carbons (Fsp3) is 0.320. The molecule has 1 aliphatic heterocycles. The lowest BCUT2D eigenvalue weighted by atomic mass is 10.1. The van der Waals surface area contributed by atoms with Gasteiger partial charge >= 0.3 is 5.97 Å². The van der Waals surface area contributed by atoms with Crippen molar-refractivity contribution in [2.75, 3.05) is 18.1 Å². The van der Waals surface area contributed by atoms with E-state index in [4.69, 9.17) is 4.74 Å². The lowest BCUT2D eigenvalue weighted by Crippen LogP contribution is -2.46. The van der Waals surface area contributed by atoms with E-state index in [1.807, 2.05) is 60.7 Å². The Labute approximate surface area is 199 Å². The third-order valence-electron chi connectivity index (χ3n) is 5.91. The van der Waals surface area contributed by atoms with E-state index in [9.17, 15) is 18.0 Å². The second-order valence-electron chi connectivity index (χ2n) is 8.27. The predicted molar refractivity (Wildman–Crippen MR) is 128 cm³/mol. The van der Waals surface area contributed by atoms with Crippen LogP contribution in [0.2, 0.25) is 0 Å². The maximum Gasteiger partial charge on any atom is 0.342 e. The molecule has 0 N–H and O–H groups in total. The van der Waals surface area contributed by atoms with Crippen molar-refractivity contribution in [2.24, 2.45) is 0 Å². The largest absolute Gasteiger partial charge is 0.449 e. The summed E-state index contributed by atoms with van der Waals surface area (Å²) >= 11 is 0. The summed E-state index contributed by atoms with van der Waals surface area (Å²) in [6, 6.07) is 18.3. The Balaban J connectivity index is 1.58. The average Bonchev–Trinajstić information content (AvgIpc) is 3.44. The zero-order valence-electron chi connectivity index (χ0n) is 19.1. The summed E-state index contributed by atoms with van der Waals surface area (Å²) in [6.45, 7) is 3.63. The molecule has 0 saturated carbocycles. The summed E-state index contributed by atoms with van der Waals surface area (Å²) in [7, 11) is -3.15. The molecular weight excluding hydrogens is 454 g/mol. The van der Waals surface area contributed by atoms with Crippen LogP contribution in [0.5, 0.6) is 0 Å². The molecule has 1 saturated heterocycles. The van der Waals surface area contributed by atoms with E-state index in [0.29, 0.717) is 18.7 Å². The van der Waals surface area contributed by atoms with Crippen LogP contribution in [-0.4, -0.2) is 65.2 Å². The van der Waals surface area contributed by atoms with Gasteiger partial charge in [-0.05, 0) is 32.4 Å². The molecule has 0 aliphatic carbocycles. The van der Waals surface area contributed by atoms with E-state index >= 15 is 0 Å². The fourth-order valence-corrected chi connectivity index (χ4v) is 5.90. The monoisotopic (exact) mass is 481 g/mol. The minimum Gasteiger partial charge on any atom is -0.449 e. The number of hydrogen-bond acceptors (Lipinski definition) is 6. The summed E-state index contributed by atoms with van der Waals surface area (Å²) in [5.41, 5.74) is 2.21. The number of likely N-dealkylation sites (N-methyl/N-ethyl adjacent to an activating group) is 1. The Morgan fingerprint density at radius 3 is 2.35 bits per heavy atom. The van der Waals surface area contributed by atoms with Crippen molar-refractivity contribution in [3.8, 4) is 16.9 Å². The quantitative estimate of drug-likeness (QED) is 0.481. The van der Waals surface area contributed by atoms with Crippen molar-refractivity contribution in [2.45, 2.75) is 32.4 Å². The third-order valence-corrected chi connectivity index (χ3v) is 7.66. The molecule has 1 fully saturated rings. The van der Waals surface area contributed by atoms with Gasteiger partial charge in [-0.25, -0.2) is 17.9 Å². The summed E-state index contributed by atoms with van der Waals surface area (Å²) in [5, 5.41) is 4.61. The Kier molecular flexibility index (Phi) is 6.83. The van der Waals surface area contributed by atoms with E-state index in [2.05, 4.69) is 5.10 Å². The number of rotatable bonds is 7. The van der Waals surface area contributed by atoms with Crippen LogP contribution in [0.15, 0.2) is 66.9 Å². The minimum atomic E-state index is -3.15. The molecule has 2 aromatic carbocycles. The number of para-hydroxylation sites is 1. The summed E-state index contributed by atoms with van der Waals surface area (Å²) in [5.74, 6) is -1.07. The van der Waals surface area contributed by atoms with Crippen molar-refractivity contribution < 1.29 is 22.7 Å². The van der Waals surface area contributed by atoms with E-state index in [-0.39, 0.29) is 17.1 Å². The fourth-order valence-electron chi connectivity index (χ4n) is 4.17. The molecule has 3 aromatic rings. The van der Waals surface area contributed by atoms with Gasteiger partial charge in [0.15, 0.2) is 15.9 Å². The van der Waals surface area contributed by atoms with Gasteiger partial charge in [-0.3, -0.25) is 4.79 Å². The maximum atomic E-state index is 13.2. The highest BCUT2D eigenvalue weighted by Crippen LogP contribution is 2.25. The van der Waals surface area contributed by atoms with Crippen molar-refractivity contribution in [1.29, 1.82) is 0 Å². The first-order chi connectivity index (χ1) is 16.3. The van der Waals surface area contributed by atoms with Gasteiger partial charge in [0.25, 0.3) is 5.91 Å². The number of aromatic nitrogens is 2. The van der Waals surface area contributed by atoms with Crippen LogP contribution >= 0.6 is 0 Å². The molecule has 0 bridgehead atoms. The predicted octanol–water partition coefficient (Wildman–Crippen LogP) is 3.12. The summed E-state index contributed by atoms with van der Waals surface area (Å²) in [6.07, 6.45) is 0.919. The molecule has 2 heterocycles. The molecule has 34 heavy (non-hydrogen) atoms. The number of hydrogen-bond donors (Lipinski definition) is 0. The Morgan fingerprint density at radius 2 is 1.76 bits per heavy atom. The standard InChI is InChI=1S/C25H27N3O5S/c1-3-27(21-14-15-34(31,32)17-21)24(29)18(2)33-25(30)22-16-28(20-12-8-5-9-13-20)26-23(22)19-10-6-4-7-11-19/h4-13,16,18,21H,3,14-15,17H2,1-2H3. The third kappa shape index (κ3) is 5.04. The maximum absolute atomic E-state index is 13.2. The van der Waals surface area contributed by atoms with E-state index in [0.717, 1.165) is 11.3 Å². The molecule has 9 heteroatoms. The molecule has 1 aliphatic rings. The average molecular weight is 482 g/mol. The lowest BCUT2D eigenvalue weighted by molar-refractivity contribution is -0.141. The molecule has 1 amide bonds. The molecule has 178 valence electrons. The SMILES string of the molecule is CCN(C(=O)C(C)OC(=O)c1cn(-c2ccccc2)nc1-c1ccccc1)C1CCS(=O)(=O)C1. The van der Waals surface area contributed by atoms with Gasteiger partial charge in [-0.1, -0.05) is 48.5 Å². The highest BCUT2D eigenvalue weighted by molar-refractivity contribution is 7.91. The molecule has 8 nitrogen and oxygen atoms in total. The van der Waals surface area contributed by atoms with Crippen molar-refractivity contribution in [1.82, 2.24) is 14.7 Å². The number of carbonyl (C=O) groups excluding carboxylic acids is 2. The molecule has 0 spiro atoms. The second-order valence-corrected chi connectivity index (χ2v) is 10.5. The van der Waals surface area contributed by atoms with Crippen LogP contribution in [0.1, 0.15) is 30.6 Å². The van der Waals surface area contributed by atoms with Crippen molar-refractivity contribution in [3.63, 3.8) is 0 Å². The number of nitrogens with zero attached hydrogens (tertiary/aromatic N) is 3. The molecule has 0 radical (unpaired) electrons. The summed E-state index contributed by atoms with van der Waals surface area (Å²) < 4.78 is 30.9. The van der Waals surface area contributed by atoms with Crippen molar-refractivity contribution in [3.05, 3.63) is 72.4 Å². The van der Waals surface area contributed by atoms with Gasteiger partial charge in [0.05, 0.1) is 17.2 Å². The summed E-state index contributed by atoms with van der Waals surface area (Å²) in [4.78, 5) is 27.7. The molecule has 4 rings (SSSR count). The van der Waals surface area contributed by atoms with E-state index in [1.165, 1.54) is 11.8 Å². The zero-order chi connectivity index (χ0) is 24.3. The number of ether oxygens (including phenoxy) is 1. The first-order valence-electron chi connectivity index (χ1n) is 11.2. The van der Waals surface area contributed by atoms with Crippen LogP contribution in [0.25, 0.3) is 16.9 Å². The molecule has 2 unspecified atom stereocenters. The van der Waals surface area contributed by atoms with Gasteiger partial charge < -0.3 is 9.64 Å². The van der Waals surface area contributed by atoms with Gasteiger partial charge in [0.2, 0.25) is 0 Å². The van der Waals surface area contributed by atoms with Crippen molar-refractivity contribution >= 4 is 21.7 Å². The van der Waals surface area contributed by atoms with Gasteiger partial charge in [0, 0.05) is 24.3 Å². The smallest absolute Gasteiger partial charge is 0.342 e. The minimum absolute atomic E-state index is 0.0603. The van der Waals surface area contributed by atoms with E-state index < -0.39 is 33.9 Å².